The Kier molecular flexibility index (Phi) is 5.53. The fourth-order valence-electron chi connectivity index (χ4n) is 2.37. The molecule has 5 heteroatoms. The summed E-state index contributed by atoms with van der Waals surface area (Å²) in [6.07, 6.45) is 3.11. The molecule has 0 bridgehead atoms. The molecule has 3 rings (SSSR count). The molecule has 0 saturated carbocycles. The van der Waals surface area contributed by atoms with Crippen LogP contribution in [0.15, 0.2) is 53.4 Å². The molecular formula is C19H19FN2S2. The Morgan fingerprint density at radius 1 is 1.04 bits per heavy atom. The Morgan fingerprint density at radius 2 is 1.71 bits per heavy atom. The smallest absolute Gasteiger partial charge is 0.183 e. The summed E-state index contributed by atoms with van der Waals surface area (Å²) in [5, 5.41) is 4.26. The number of hydrogen-bond donors (Lipinski definition) is 1. The number of thioether (sulfide) groups is 1. The molecule has 2 nitrogen and oxygen atoms in total. The summed E-state index contributed by atoms with van der Waals surface area (Å²) in [6, 6.07) is 15.0. The molecule has 1 N–H and O–H groups in total. The number of anilines is 1. The van der Waals surface area contributed by atoms with Gasteiger partial charge in [-0.2, -0.15) is 0 Å². The highest BCUT2D eigenvalue weighted by Crippen LogP contribution is 2.39. The van der Waals surface area contributed by atoms with Crippen molar-refractivity contribution < 1.29 is 4.39 Å². The van der Waals surface area contributed by atoms with Crippen LogP contribution < -0.4 is 5.32 Å². The van der Waals surface area contributed by atoms with Gasteiger partial charge >= 0.3 is 0 Å². The van der Waals surface area contributed by atoms with Crippen molar-refractivity contribution in [2.24, 2.45) is 0 Å². The molecule has 0 spiro atoms. The van der Waals surface area contributed by atoms with Gasteiger partial charge in [-0.3, -0.25) is 0 Å². The number of aromatic nitrogens is 1. The Bertz CT molecular complexity index is 795. The van der Waals surface area contributed by atoms with Crippen LogP contribution >= 0.6 is 23.1 Å². The maximum Gasteiger partial charge on any atom is 0.183 e. The monoisotopic (exact) mass is 358 g/mol. The van der Waals surface area contributed by atoms with Gasteiger partial charge in [0.2, 0.25) is 0 Å². The molecule has 1 heterocycles. The molecule has 0 amide bonds. The van der Waals surface area contributed by atoms with Gasteiger partial charge < -0.3 is 5.32 Å². The zero-order valence-electron chi connectivity index (χ0n) is 13.7. The number of nitrogens with zero attached hydrogens (tertiary/aromatic N) is 1. The largest absolute Gasteiger partial charge is 0.361 e. The van der Waals surface area contributed by atoms with Crippen LogP contribution in [0.1, 0.15) is 13.3 Å². The highest BCUT2D eigenvalue weighted by atomic mass is 32.2. The van der Waals surface area contributed by atoms with E-state index in [1.165, 1.54) is 17.0 Å². The Labute approximate surface area is 150 Å². The first-order chi connectivity index (χ1) is 11.7. The van der Waals surface area contributed by atoms with Gasteiger partial charge in [-0.05, 0) is 54.6 Å². The molecule has 0 aliphatic heterocycles. The van der Waals surface area contributed by atoms with Crippen molar-refractivity contribution in [1.82, 2.24) is 4.98 Å². The van der Waals surface area contributed by atoms with Gasteiger partial charge in [0, 0.05) is 17.0 Å². The molecule has 0 fully saturated rings. The highest BCUT2D eigenvalue weighted by molar-refractivity contribution is 7.98. The van der Waals surface area contributed by atoms with Crippen LogP contribution in [0.25, 0.3) is 21.7 Å². The van der Waals surface area contributed by atoms with Crippen LogP contribution in [-0.4, -0.2) is 17.8 Å². The second-order valence-electron chi connectivity index (χ2n) is 5.36. The maximum absolute atomic E-state index is 13.2. The van der Waals surface area contributed by atoms with Crippen molar-refractivity contribution in [3.8, 4) is 21.7 Å². The van der Waals surface area contributed by atoms with E-state index in [0.717, 1.165) is 39.8 Å². The molecule has 2 aromatic carbocycles. The first-order valence-electron chi connectivity index (χ1n) is 7.86. The minimum absolute atomic E-state index is 0.232. The van der Waals surface area contributed by atoms with Crippen molar-refractivity contribution in [2.75, 3.05) is 18.1 Å². The molecule has 0 unspecified atom stereocenters. The maximum atomic E-state index is 13.2. The normalized spacial score (nSPS) is 10.8. The quantitative estimate of drug-likeness (QED) is 0.534. The topological polar surface area (TPSA) is 24.9 Å². The minimum Gasteiger partial charge on any atom is -0.361 e. The fourth-order valence-corrected chi connectivity index (χ4v) is 3.80. The number of halogens is 1. The second-order valence-corrected chi connectivity index (χ2v) is 7.24. The number of hydrogen-bond acceptors (Lipinski definition) is 4. The van der Waals surface area contributed by atoms with Gasteiger partial charge in [0.25, 0.3) is 0 Å². The van der Waals surface area contributed by atoms with E-state index in [-0.39, 0.29) is 5.82 Å². The molecule has 124 valence electrons. The van der Waals surface area contributed by atoms with Crippen molar-refractivity contribution in [2.45, 2.75) is 18.2 Å². The van der Waals surface area contributed by atoms with Crippen molar-refractivity contribution in [1.29, 1.82) is 0 Å². The lowest BCUT2D eigenvalue weighted by molar-refractivity contribution is 0.628. The number of rotatable bonds is 6. The Hall–Kier alpha value is -1.85. The standard InChI is InChI=1S/C19H19FN2S2/c1-3-12-21-19-22-17(13-4-8-15(20)9-5-13)18(24-19)14-6-10-16(23-2)11-7-14/h4-11H,3,12H2,1-2H3,(H,21,22). The molecular weight excluding hydrogens is 339 g/mol. The van der Waals surface area contributed by atoms with E-state index in [9.17, 15) is 4.39 Å². The van der Waals surface area contributed by atoms with E-state index in [0.29, 0.717) is 0 Å². The summed E-state index contributed by atoms with van der Waals surface area (Å²) in [7, 11) is 0. The molecule has 1 aromatic heterocycles. The zero-order chi connectivity index (χ0) is 16.9. The number of nitrogens with one attached hydrogen (secondary N) is 1. The second kappa shape index (κ2) is 7.81. The van der Waals surface area contributed by atoms with E-state index in [1.54, 1.807) is 35.2 Å². The third-order valence-corrected chi connectivity index (χ3v) is 5.43. The molecule has 0 aliphatic carbocycles. The molecule has 3 aromatic rings. The van der Waals surface area contributed by atoms with Gasteiger partial charge in [-0.1, -0.05) is 30.4 Å². The first-order valence-corrected chi connectivity index (χ1v) is 9.90. The molecule has 0 aliphatic rings. The van der Waals surface area contributed by atoms with Crippen LogP contribution in [0, 0.1) is 5.82 Å². The Balaban J connectivity index is 2.04. The molecule has 0 atom stereocenters. The summed E-state index contributed by atoms with van der Waals surface area (Å²) in [6.45, 7) is 3.02. The predicted molar refractivity (Wildman–Crippen MR) is 104 cm³/mol. The summed E-state index contributed by atoms with van der Waals surface area (Å²) in [5.41, 5.74) is 2.96. The minimum atomic E-state index is -0.232. The average Bonchev–Trinajstić information content (AvgIpc) is 3.05. The lowest BCUT2D eigenvalue weighted by atomic mass is 10.1. The summed E-state index contributed by atoms with van der Waals surface area (Å²) in [5.74, 6) is -0.232. The summed E-state index contributed by atoms with van der Waals surface area (Å²) in [4.78, 5) is 7.08. The van der Waals surface area contributed by atoms with Crippen molar-refractivity contribution in [3.63, 3.8) is 0 Å². The van der Waals surface area contributed by atoms with E-state index in [1.807, 2.05) is 0 Å². The average molecular weight is 359 g/mol. The van der Waals surface area contributed by atoms with Crippen LogP contribution in [-0.2, 0) is 0 Å². The van der Waals surface area contributed by atoms with Gasteiger partial charge in [0.05, 0.1) is 10.6 Å². The summed E-state index contributed by atoms with van der Waals surface area (Å²) < 4.78 is 13.2. The fraction of sp³-hybridized carbons (Fsp3) is 0.211. The molecule has 24 heavy (non-hydrogen) atoms. The SMILES string of the molecule is CCCNc1nc(-c2ccc(F)cc2)c(-c2ccc(SC)cc2)s1. The predicted octanol–water partition coefficient (Wildman–Crippen LogP) is 6.16. The van der Waals surface area contributed by atoms with Crippen LogP contribution in [0.2, 0.25) is 0 Å². The highest BCUT2D eigenvalue weighted by Gasteiger charge is 2.15. The molecule has 0 saturated heterocycles. The lowest BCUT2D eigenvalue weighted by Crippen LogP contribution is -1.98. The van der Waals surface area contributed by atoms with E-state index >= 15 is 0 Å². The zero-order valence-corrected chi connectivity index (χ0v) is 15.3. The lowest BCUT2D eigenvalue weighted by Gasteiger charge is -2.04. The van der Waals surface area contributed by atoms with Gasteiger partial charge in [0.1, 0.15) is 5.82 Å². The van der Waals surface area contributed by atoms with E-state index < -0.39 is 0 Å². The van der Waals surface area contributed by atoms with Gasteiger partial charge in [-0.15, -0.1) is 11.8 Å². The number of benzene rings is 2. The Morgan fingerprint density at radius 3 is 2.33 bits per heavy atom. The first kappa shape index (κ1) is 17.0. The third-order valence-electron chi connectivity index (χ3n) is 3.62. The molecule has 0 radical (unpaired) electrons. The van der Waals surface area contributed by atoms with Crippen LogP contribution in [0.3, 0.4) is 0 Å². The van der Waals surface area contributed by atoms with Crippen LogP contribution in [0.4, 0.5) is 9.52 Å². The van der Waals surface area contributed by atoms with E-state index in [2.05, 4.69) is 42.8 Å². The van der Waals surface area contributed by atoms with Crippen molar-refractivity contribution >= 4 is 28.2 Å². The van der Waals surface area contributed by atoms with Crippen molar-refractivity contribution in [3.05, 3.63) is 54.3 Å². The van der Waals surface area contributed by atoms with E-state index in [4.69, 9.17) is 4.98 Å². The van der Waals surface area contributed by atoms with Gasteiger partial charge in [0.15, 0.2) is 5.13 Å². The van der Waals surface area contributed by atoms with Crippen LogP contribution in [0.5, 0.6) is 0 Å². The summed E-state index contributed by atoms with van der Waals surface area (Å²) >= 11 is 3.37. The third kappa shape index (κ3) is 3.79. The van der Waals surface area contributed by atoms with Gasteiger partial charge in [-0.25, -0.2) is 9.37 Å². The number of thiazole rings is 1.